The molecule has 1 aliphatic heterocycles. The van der Waals surface area contributed by atoms with Crippen LogP contribution in [0.2, 0.25) is 0 Å². The lowest BCUT2D eigenvalue weighted by Gasteiger charge is -2.34. The van der Waals surface area contributed by atoms with Crippen LogP contribution in [-0.4, -0.2) is 41.7 Å². The van der Waals surface area contributed by atoms with Crippen molar-refractivity contribution in [2.24, 2.45) is 5.92 Å². The molecule has 0 saturated carbocycles. The highest BCUT2D eigenvalue weighted by atomic mass is 19.1. The van der Waals surface area contributed by atoms with Gasteiger partial charge in [-0.05, 0) is 23.6 Å². The van der Waals surface area contributed by atoms with Crippen molar-refractivity contribution in [3.8, 4) is 0 Å². The van der Waals surface area contributed by atoms with Crippen molar-refractivity contribution in [3.05, 3.63) is 35.6 Å². The number of rotatable bonds is 4. The Morgan fingerprint density at radius 3 is 2.95 bits per heavy atom. The third kappa shape index (κ3) is 4.25. The number of aliphatic hydroxyl groups is 1. The minimum Gasteiger partial charge on any atom is -0.392 e. The quantitative estimate of drug-likeness (QED) is 0.926. The molecule has 1 aromatic rings. The van der Waals surface area contributed by atoms with E-state index in [1.54, 1.807) is 17.0 Å². The van der Waals surface area contributed by atoms with Gasteiger partial charge in [0.1, 0.15) is 11.9 Å². The molecule has 1 aromatic carbocycles. The Hall–Kier alpha value is -1.46. The molecule has 0 aromatic heterocycles. The van der Waals surface area contributed by atoms with Crippen LogP contribution in [0.25, 0.3) is 0 Å². The van der Waals surface area contributed by atoms with Crippen LogP contribution < -0.4 is 0 Å². The molecule has 2 rings (SSSR count). The summed E-state index contributed by atoms with van der Waals surface area (Å²) in [5.74, 6) is -0.343. The highest BCUT2D eigenvalue weighted by Gasteiger charge is 2.27. The number of ether oxygens (including phenoxy) is 1. The van der Waals surface area contributed by atoms with Gasteiger partial charge >= 0.3 is 0 Å². The molecule has 1 heterocycles. The van der Waals surface area contributed by atoms with Crippen LogP contribution in [0.15, 0.2) is 24.3 Å². The summed E-state index contributed by atoms with van der Waals surface area (Å²) >= 11 is 0. The van der Waals surface area contributed by atoms with E-state index < -0.39 is 6.10 Å². The van der Waals surface area contributed by atoms with Crippen LogP contribution in [-0.2, 0) is 9.53 Å². The zero-order chi connectivity index (χ0) is 15.4. The molecule has 1 amide bonds. The SMILES string of the molecule is CC(C)C(O)CC(=O)N1CCOC(c2cccc(F)c2)C1. The van der Waals surface area contributed by atoms with Crippen molar-refractivity contribution < 1.29 is 19.0 Å². The number of nitrogens with zero attached hydrogens (tertiary/aromatic N) is 1. The van der Waals surface area contributed by atoms with Crippen LogP contribution in [0.5, 0.6) is 0 Å². The topological polar surface area (TPSA) is 49.8 Å². The number of hydrogen-bond donors (Lipinski definition) is 1. The van der Waals surface area contributed by atoms with E-state index >= 15 is 0 Å². The predicted molar refractivity (Wildman–Crippen MR) is 77.1 cm³/mol. The second-order valence-corrected chi connectivity index (χ2v) is 5.77. The van der Waals surface area contributed by atoms with Gasteiger partial charge in [-0.15, -0.1) is 0 Å². The van der Waals surface area contributed by atoms with Crippen LogP contribution in [0, 0.1) is 11.7 Å². The van der Waals surface area contributed by atoms with Gasteiger partial charge in [0.05, 0.1) is 25.7 Å². The van der Waals surface area contributed by atoms with Crippen LogP contribution in [0.1, 0.15) is 31.9 Å². The average Bonchev–Trinajstić information content (AvgIpc) is 2.47. The largest absolute Gasteiger partial charge is 0.392 e. The van der Waals surface area contributed by atoms with Gasteiger partial charge in [0.25, 0.3) is 0 Å². The second kappa shape index (κ2) is 7.00. The molecule has 5 heteroatoms. The first-order chi connectivity index (χ1) is 9.97. The van der Waals surface area contributed by atoms with Gasteiger partial charge in [0.2, 0.25) is 5.91 Å². The highest BCUT2D eigenvalue weighted by molar-refractivity contribution is 5.76. The third-order valence-electron chi connectivity index (χ3n) is 3.79. The van der Waals surface area contributed by atoms with Crippen molar-refractivity contribution in [2.45, 2.75) is 32.5 Å². The molecule has 1 aliphatic rings. The van der Waals surface area contributed by atoms with E-state index in [0.717, 1.165) is 5.56 Å². The van der Waals surface area contributed by atoms with Crippen LogP contribution in [0.4, 0.5) is 4.39 Å². The van der Waals surface area contributed by atoms with E-state index in [1.807, 2.05) is 13.8 Å². The summed E-state index contributed by atoms with van der Waals surface area (Å²) in [5.41, 5.74) is 0.733. The molecular weight excluding hydrogens is 273 g/mol. The Balaban J connectivity index is 1.99. The Morgan fingerprint density at radius 2 is 2.29 bits per heavy atom. The number of morpholine rings is 1. The lowest BCUT2D eigenvalue weighted by Crippen LogP contribution is -2.43. The number of hydrogen-bond acceptors (Lipinski definition) is 3. The predicted octanol–water partition coefficient (Wildman–Crippen LogP) is 2.13. The fourth-order valence-electron chi connectivity index (χ4n) is 2.33. The average molecular weight is 295 g/mol. The van der Waals surface area contributed by atoms with Crippen molar-refractivity contribution in [1.82, 2.24) is 4.90 Å². The molecule has 1 N–H and O–H groups in total. The monoisotopic (exact) mass is 295 g/mol. The van der Waals surface area contributed by atoms with E-state index in [1.165, 1.54) is 12.1 Å². The van der Waals surface area contributed by atoms with Crippen molar-refractivity contribution >= 4 is 5.91 Å². The first-order valence-electron chi connectivity index (χ1n) is 7.30. The number of carbonyl (C=O) groups excluding carboxylic acids is 1. The Bertz CT molecular complexity index is 492. The molecule has 4 nitrogen and oxygen atoms in total. The summed E-state index contributed by atoms with van der Waals surface area (Å²) in [6.07, 6.45) is -0.823. The van der Waals surface area contributed by atoms with Gasteiger partial charge in [-0.2, -0.15) is 0 Å². The van der Waals surface area contributed by atoms with E-state index in [4.69, 9.17) is 4.74 Å². The molecule has 0 radical (unpaired) electrons. The minimum atomic E-state index is -0.632. The smallest absolute Gasteiger partial charge is 0.225 e. The van der Waals surface area contributed by atoms with Crippen LogP contribution >= 0.6 is 0 Å². The van der Waals surface area contributed by atoms with E-state index in [2.05, 4.69) is 0 Å². The maximum absolute atomic E-state index is 13.3. The maximum Gasteiger partial charge on any atom is 0.225 e. The Kier molecular flexibility index (Phi) is 5.31. The first-order valence-corrected chi connectivity index (χ1v) is 7.30. The Morgan fingerprint density at radius 1 is 1.52 bits per heavy atom. The molecular formula is C16H22FNO3. The van der Waals surface area contributed by atoms with Crippen molar-refractivity contribution in [3.63, 3.8) is 0 Å². The molecule has 1 saturated heterocycles. The first kappa shape index (κ1) is 15.9. The van der Waals surface area contributed by atoms with Gasteiger partial charge in [-0.1, -0.05) is 26.0 Å². The highest BCUT2D eigenvalue weighted by Crippen LogP contribution is 2.23. The number of benzene rings is 1. The summed E-state index contributed by atoms with van der Waals surface area (Å²) in [6, 6.07) is 6.25. The number of carbonyl (C=O) groups is 1. The van der Waals surface area contributed by atoms with Crippen LogP contribution in [0.3, 0.4) is 0 Å². The maximum atomic E-state index is 13.3. The van der Waals surface area contributed by atoms with E-state index in [0.29, 0.717) is 19.7 Å². The number of halogens is 1. The number of amides is 1. The van der Waals surface area contributed by atoms with Gasteiger partial charge < -0.3 is 14.7 Å². The molecule has 0 bridgehead atoms. The second-order valence-electron chi connectivity index (χ2n) is 5.77. The fourth-order valence-corrected chi connectivity index (χ4v) is 2.33. The summed E-state index contributed by atoms with van der Waals surface area (Å²) in [5, 5.41) is 9.82. The van der Waals surface area contributed by atoms with Crippen molar-refractivity contribution in [1.29, 1.82) is 0 Å². The third-order valence-corrected chi connectivity index (χ3v) is 3.79. The molecule has 1 fully saturated rings. The molecule has 0 aliphatic carbocycles. The lowest BCUT2D eigenvalue weighted by molar-refractivity contribution is -0.141. The molecule has 2 atom stereocenters. The summed E-state index contributed by atoms with van der Waals surface area (Å²) in [4.78, 5) is 13.9. The van der Waals surface area contributed by atoms with Gasteiger partial charge in [-0.3, -0.25) is 4.79 Å². The molecule has 0 spiro atoms. The summed E-state index contributed by atoms with van der Waals surface area (Å²) in [6.45, 7) is 5.09. The summed E-state index contributed by atoms with van der Waals surface area (Å²) in [7, 11) is 0. The zero-order valence-corrected chi connectivity index (χ0v) is 12.5. The van der Waals surface area contributed by atoms with E-state index in [-0.39, 0.29) is 30.2 Å². The zero-order valence-electron chi connectivity index (χ0n) is 12.5. The molecule has 116 valence electrons. The van der Waals surface area contributed by atoms with Gasteiger partial charge in [-0.25, -0.2) is 4.39 Å². The fraction of sp³-hybridized carbons (Fsp3) is 0.562. The standard InChI is InChI=1S/C16H22FNO3/c1-11(2)14(19)9-16(20)18-6-7-21-15(10-18)12-4-3-5-13(17)8-12/h3-5,8,11,14-15,19H,6-7,9-10H2,1-2H3. The normalized spacial score (nSPS) is 20.6. The van der Waals surface area contributed by atoms with Crippen molar-refractivity contribution in [2.75, 3.05) is 19.7 Å². The van der Waals surface area contributed by atoms with Gasteiger partial charge in [0.15, 0.2) is 0 Å². The minimum absolute atomic E-state index is 0.0500. The lowest BCUT2D eigenvalue weighted by atomic mass is 10.0. The van der Waals surface area contributed by atoms with Gasteiger partial charge in [0, 0.05) is 6.54 Å². The molecule has 21 heavy (non-hydrogen) atoms. The Labute approximate surface area is 124 Å². The number of aliphatic hydroxyl groups excluding tert-OH is 1. The van der Waals surface area contributed by atoms with E-state index in [9.17, 15) is 14.3 Å². The summed E-state index contributed by atoms with van der Waals surface area (Å²) < 4.78 is 18.9. The molecule has 2 unspecified atom stereocenters.